The number of hydrogen-bond donors (Lipinski definition) is 0. The molecular formula is C21H23NO4. The fourth-order valence-corrected chi connectivity index (χ4v) is 2.39. The van der Waals surface area contributed by atoms with Crippen LogP contribution in [0.4, 0.5) is 0 Å². The molecule has 0 bridgehead atoms. The largest absolute Gasteiger partial charge is 0.490 e. The number of carbonyl (C=O) groups excluding carboxylic acids is 2. The molecule has 5 heteroatoms. The first-order chi connectivity index (χ1) is 12.5. The summed E-state index contributed by atoms with van der Waals surface area (Å²) in [6.45, 7) is 4.15. The van der Waals surface area contributed by atoms with Gasteiger partial charge in [-0.2, -0.15) is 0 Å². The van der Waals surface area contributed by atoms with Crippen LogP contribution in [-0.2, 0) is 9.53 Å². The summed E-state index contributed by atoms with van der Waals surface area (Å²) in [7, 11) is 3.78. The number of ether oxygens (including phenoxy) is 2. The van der Waals surface area contributed by atoms with Crippen LogP contribution in [-0.4, -0.2) is 50.0 Å². The Morgan fingerprint density at radius 3 is 2.23 bits per heavy atom. The molecule has 0 fully saturated rings. The second-order valence-electron chi connectivity index (χ2n) is 6.06. The predicted molar refractivity (Wildman–Crippen MR) is 100 cm³/mol. The zero-order valence-electron chi connectivity index (χ0n) is 15.1. The van der Waals surface area contributed by atoms with Crippen molar-refractivity contribution in [2.75, 3.05) is 27.2 Å². The lowest BCUT2D eigenvalue weighted by Crippen LogP contribution is -2.34. The van der Waals surface area contributed by atoms with E-state index >= 15 is 0 Å². The molecule has 2 rings (SSSR count). The molecule has 1 atom stereocenters. The van der Waals surface area contributed by atoms with E-state index in [0.717, 1.165) is 6.08 Å². The maximum atomic E-state index is 12.4. The number of ketones is 1. The summed E-state index contributed by atoms with van der Waals surface area (Å²) >= 11 is 0. The number of rotatable bonds is 9. The van der Waals surface area contributed by atoms with Gasteiger partial charge in [-0.1, -0.05) is 36.9 Å². The summed E-state index contributed by atoms with van der Waals surface area (Å²) in [6.07, 6.45) is 0.716. The van der Waals surface area contributed by atoms with Crippen molar-refractivity contribution >= 4 is 11.8 Å². The molecule has 136 valence electrons. The minimum absolute atomic E-state index is 0.0393. The standard InChI is InChI=1S/C21H23NO4/c1-4-20(23)26-19(14-22(2)3)15-25-18-12-10-17(11-13-18)21(24)16-8-6-5-7-9-16/h4-13,19H,1,14-15H2,2-3H3. The molecule has 0 saturated carbocycles. The predicted octanol–water partition coefficient (Wildman–Crippen LogP) is 2.96. The molecule has 0 aromatic heterocycles. The Kier molecular flexibility index (Phi) is 7.12. The highest BCUT2D eigenvalue weighted by Crippen LogP contribution is 2.16. The summed E-state index contributed by atoms with van der Waals surface area (Å²) in [4.78, 5) is 25.7. The van der Waals surface area contributed by atoms with Gasteiger partial charge in [-0.25, -0.2) is 4.79 Å². The van der Waals surface area contributed by atoms with Gasteiger partial charge < -0.3 is 14.4 Å². The number of benzene rings is 2. The Bertz CT molecular complexity index is 738. The van der Waals surface area contributed by atoms with Crippen molar-refractivity contribution < 1.29 is 19.1 Å². The highest BCUT2D eigenvalue weighted by Gasteiger charge is 2.15. The molecule has 0 radical (unpaired) electrons. The van der Waals surface area contributed by atoms with E-state index in [9.17, 15) is 9.59 Å². The van der Waals surface area contributed by atoms with E-state index in [1.165, 1.54) is 0 Å². The number of hydrogen-bond acceptors (Lipinski definition) is 5. The third-order valence-electron chi connectivity index (χ3n) is 3.61. The van der Waals surface area contributed by atoms with Gasteiger partial charge in [0.25, 0.3) is 0 Å². The number of esters is 1. The zero-order chi connectivity index (χ0) is 18.9. The van der Waals surface area contributed by atoms with Gasteiger partial charge in [-0.05, 0) is 38.4 Å². The van der Waals surface area contributed by atoms with Crippen molar-refractivity contribution in [1.82, 2.24) is 4.90 Å². The summed E-state index contributed by atoms with van der Waals surface area (Å²) in [6, 6.07) is 16.0. The Labute approximate surface area is 153 Å². The molecule has 5 nitrogen and oxygen atoms in total. The topological polar surface area (TPSA) is 55.8 Å². The van der Waals surface area contributed by atoms with Crippen LogP contribution in [0, 0.1) is 0 Å². The number of likely N-dealkylation sites (N-methyl/N-ethyl adjacent to an activating group) is 1. The van der Waals surface area contributed by atoms with Crippen molar-refractivity contribution in [3.63, 3.8) is 0 Å². The molecule has 0 aliphatic rings. The van der Waals surface area contributed by atoms with E-state index in [1.54, 1.807) is 36.4 Å². The molecule has 1 unspecified atom stereocenters. The molecule has 0 amide bonds. The van der Waals surface area contributed by atoms with Gasteiger partial charge in [0.15, 0.2) is 5.78 Å². The van der Waals surface area contributed by atoms with Crippen molar-refractivity contribution in [3.8, 4) is 5.75 Å². The molecule has 2 aromatic carbocycles. The van der Waals surface area contributed by atoms with Crippen molar-refractivity contribution in [2.45, 2.75) is 6.10 Å². The summed E-state index contributed by atoms with van der Waals surface area (Å²) in [5.41, 5.74) is 1.23. The first kappa shape index (κ1) is 19.4. The molecule has 0 aliphatic heterocycles. The molecular weight excluding hydrogens is 330 g/mol. The normalized spacial score (nSPS) is 11.7. The molecule has 0 aliphatic carbocycles. The summed E-state index contributed by atoms with van der Waals surface area (Å²) in [5.74, 6) is 0.0832. The fraction of sp³-hybridized carbons (Fsp3) is 0.238. The third-order valence-corrected chi connectivity index (χ3v) is 3.61. The van der Waals surface area contributed by atoms with Crippen LogP contribution < -0.4 is 4.74 Å². The SMILES string of the molecule is C=CC(=O)OC(COc1ccc(C(=O)c2ccccc2)cc1)CN(C)C. The van der Waals surface area contributed by atoms with Crippen molar-refractivity contribution in [2.24, 2.45) is 0 Å². The molecule has 26 heavy (non-hydrogen) atoms. The fourth-order valence-electron chi connectivity index (χ4n) is 2.39. The Morgan fingerprint density at radius 1 is 1.04 bits per heavy atom. The number of nitrogens with zero attached hydrogens (tertiary/aromatic N) is 1. The average Bonchev–Trinajstić information content (AvgIpc) is 2.66. The quantitative estimate of drug-likeness (QED) is 0.394. The number of carbonyl (C=O) groups is 2. The summed E-state index contributed by atoms with van der Waals surface area (Å²) in [5, 5.41) is 0. The van der Waals surface area contributed by atoms with E-state index in [2.05, 4.69) is 6.58 Å². The second kappa shape index (κ2) is 9.53. The van der Waals surface area contributed by atoms with Gasteiger partial charge in [-0.3, -0.25) is 4.79 Å². The molecule has 0 heterocycles. The van der Waals surface area contributed by atoms with Crippen molar-refractivity contribution in [1.29, 1.82) is 0 Å². The molecule has 0 N–H and O–H groups in total. The minimum atomic E-state index is -0.482. The van der Waals surface area contributed by atoms with E-state index in [0.29, 0.717) is 23.4 Å². The second-order valence-corrected chi connectivity index (χ2v) is 6.06. The zero-order valence-corrected chi connectivity index (χ0v) is 15.1. The lowest BCUT2D eigenvalue weighted by molar-refractivity contribution is -0.145. The third kappa shape index (κ3) is 5.86. The lowest BCUT2D eigenvalue weighted by Gasteiger charge is -2.21. The molecule has 2 aromatic rings. The van der Waals surface area contributed by atoms with Crippen LogP contribution in [0.1, 0.15) is 15.9 Å². The van der Waals surface area contributed by atoms with Gasteiger partial charge >= 0.3 is 5.97 Å². The van der Waals surface area contributed by atoms with Crippen LogP contribution in [0.15, 0.2) is 67.3 Å². The van der Waals surface area contributed by atoms with Gasteiger partial charge in [0.1, 0.15) is 18.5 Å². The monoisotopic (exact) mass is 353 g/mol. The Hall–Kier alpha value is -2.92. The Morgan fingerprint density at radius 2 is 1.65 bits per heavy atom. The molecule has 0 saturated heterocycles. The highest BCUT2D eigenvalue weighted by molar-refractivity contribution is 6.08. The van der Waals surface area contributed by atoms with Crippen LogP contribution >= 0.6 is 0 Å². The first-order valence-corrected chi connectivity index (χ1v) is 8.30. The Balaban J connectivity index is 1.98. The maximum absolute atomic E-state index is 12.4. The smallest absolute Gasteiger partial charge is 0.330 e. The van der Waals surface area contributed by atoms with E-state index in [-0.39, 0.29) is 12.4 Å². The van der Waals surface area contributed by atoms with Gasteiger partial charge in [0.2, 0.25) is 0 Å². The van der Waals surface area contributed by atoms with Gasteiger partial charge in [-0.15, -0.1) is 0 Å². The van der Waals surface area contributed by atoms with Gasteiger partial charge in [0, 0.05) is 23.7 Å². The van der Waals surface area contributed by atoms with E-state index in [4.69, 9.17) is 9.47 Å². The maximum Gasteiger partial charge on any atom is 0.330 e. The first-order valence-electron chi connectivity index (χ1n) is 8.30. The average molecular weight is 353 g/mol. The van der Waals surface area contributed by atoms with E-state index < -0.39 is 12.1 Å². The molecule has 0 spiro atoms. The van der Waals surface area contributed by atoms with Crippen LogP contribution in [0.25, 0.3) is 0 Å². The summed E-state index contributed by atoms with van der Waals surface area (Å²) < 4.78 is 11.0. The van der Waals surface area contributed by atoms with Crippen LogP contribution in [0.5, 0.6) is 5.75 Å². The van der Waals surface area contributed by atoms with Crippen molar-refractivity contribution in [3.05, 3.63) is 78.4 Å². The van der Waals surface area contributed by atoms with Gasteiger partial charge in [0.05, 0.1) is 0 Å². The van der Waals surface area contributed by atoms with E-state index in [1.807, 2.05) is 37.2 Å². The van der Waals surface area contributed by atoms with Crippen LogP contribution in [0.2, 0.25) is 0 Å². The minimum Gasteiger partial charge on any atom is -0.490 e. The highest BCUT2D eigenvalue weighted by atomic mass is 16.6. The van der Waals surface area contributed by atoms with Crippen LogP contribution in [0.3, 0.4) is 0 Å². The lowest BCUT2D eigenvalue weighted by atomic mass is 10.0.